The van der Waals surface area contributed by atoms with E-state index in [1.54, 1.807) is 0 Å². The van der Waals surface area contributed by atoms with E-state index >= 15 is 0 Å². The molecule has 2 heterocycles. The minimum Gasteiger partial charge on any atom is -0.393 e. The van der Waals surface area contributed by atoms with Crippen LogP contribution in [0.15, 0.2) is 17.1 Å². The molecule has 8 nitrogen and oxygen atoms in total. The number of halogens is 2. The molecule has 0 radical (unpaired) electrons. The molecule has 0 bridgehead atoms. The summed E-state index contributed by atoms with van der Waals surface area (Å²) in [6.07, 6.45) is -3.52. The lowest BCUT2D eigenvalue weighted by Gasteiger charge is -2.27. The molecule has 1 saturated heterocycles. The number of nitrogens with zero attached hydrogens (tertiary/aromatic N) is 2. The number of aliphatic hydroxyl groups is 2. The molecular formula is C10H14F2N4O4. The molecule has 3 atom stereocenters. The maximum absolute atomic E-state index is 14.1. The molecule has 0 aliphatic carbocycles. The molecule has 1 aliphatic heterocycles. The first-order valence-corrected chi connectivity index (χ1v) is 5.68. The lowest BCUT2D eigenvalue weighted by atomic mass is 9.95. The van der Waals surface area contributed by atoms with Gasteiger partial charge in [-0.1, -0.05) is 0 Å². The maximum Gasteiger partial charge on any atom is 0.351 e. The van der Waals surface area contributed by atoms with E-state index in [0.29, 0.717) is 4.57 Å². The molecule has 1 aliphatic rings. The van der Waals surface area contributed by atoms with E-state index in [1.165, 1.54) is 0 Å². The topological polar surface area (TPSA) is 137 Å². The van der Waals surface area contributed by atoms with Gasteiger partial charge in [0.05, 0.1) is 6.61 Å². The number of rotatable bonds is 3. The van der Waals surface area contributed by atoms with Gasteiger partial charge in [-0.25, -0.2) is 4.79 Å². The monoisotopic (exact) mass is 292 g/mol. The van der Waals surface area contributed by atoms with Crippen LogP contribution < -0.4 is 17.2 Å². The number of aliphatic hydroxyl groups excluding tert-OH is 2. The molecule has 2 rings (SSSR count). The highest BCUT2D eigenvalue weighted by molar-refractivity contribution is 5.24. The number of alkyl halides is 2. The van der Waals surface area contributed by atoms with E-state index < -0.39 is 42.7 Å². The second-order valence-electron chi connectivity index (χ2n) is 4.52. The number of aromatic nitrogens is 2. The largest absolute Gasteiger partial charge is 0.393 e. The lowest BCUT2D eigenvalue weighted by Crippen LogP contribution is -2.53. The van der Waals surface area contributed by atoms with Crippen molar-refractivity contribution in [3.8, 4) is 0 Å². The highest BCUT2D eigenvalue weighted by Crippen LogP contribution is 2.46. The zero-order chi connectivity index (χ0) is 15.1. The molecule has 0 saturated carbocycles. The molecule has 6 N–H and O–H groups in total. The zero-order valence-electron chi connectivity index (χ0n) is 10.2. The number of nitrogen functional groups attached to an aromatic ring is 1. The van der Waals surface area contributed by atoms with Crippen LogP contribution >= 0.6 is 0 Å². The van der Waals surface area contributed by atoms with Gasteiger partial charge in [0.2, 0.25) is 6.23 Å². The van der Waals surface area contributed by atoms with Crippen LogP contribution in [0.2, 0.25) is 0 Å². The van der Waals surface area contributed by atoms with Crippen molar-refractivity contribution in [3.05, 3.63) is 22.7 Å². The minimum absolute atomic E-state index is 0.139. The third kappa shape index (κ3) is 1.97. The van der Waals surface area contributed by atoms with Crippen LogP contribution in [0.3, 0.4) is 0 Å². The molecule has 1 aromatic rings. The number of anilines is 1. The first kappa shape index (κ1) is 14.8. The van der Waals surface area contributed by atoms with Crippen LogP contribution in [0.5, 0.6) is 0 Å². The standard InChI is InChI=1S/C10H14F2N4O4/c11-10(12)6(18)9(3-13,4-17)20-7(10)16-2-1-5(14)15-8(16)19/h1-2,6-7,17-18H,3-4,13H2,(H2,14,15,19)/t6-,7-,9-/m1/s1. The number of ether oxygens (including phenoxy) is 1. The Morgan fingerprint density at radius 3 is 2.65 bits per heavy atom. The predicted octanol–water partition coefficient (Wildman–Crippen LogP) is -1.96. The molecule has 10 heteroatoms. The summed E-state index contributed by atoms with van der Waals surface area (Å²) in [4.78, 5) is 14.9. The van der Waals surface area contributed by atoms with E-state index in [4.69, 9.17) is 16.2 Å². The number of nitrogens with two attached hydrogens (primary N) is 2. The third-order valence-corrected chi connectivity index (χ3v) is 3.26. The summed E-state index contributed by atoms with van der Waals surface area (Å²) in [5.41, 5.74) is 7.45. The van der Waals surface area contributed by atoms with Crippen molar-refractivity contribution < 1.29 is 23.7 Å². The van der Waals surface area contributed by atoms with Crippen LogP contribution in [-0.2, 0) is 4.74 Å². The van der Waals surface area contributed by atoms with Crippen LogP contribution in [0, 0.1) is 0 Å². The third-order valence-electron chi connectivity index (χ3n) is 3.26. The highest BCUT2D eigenvalue weighted by atomic mass is 19.3. The Morgan fingerprint density at radius 2 is 2.20 bits per heavy atom. The van der Waals surface area contributed by atoms with E-state index in [0.717, 1.165) is 12.3 Å². The Balaban J connectivity index is 2.50. The van der Waals surface area contributed by atoms with E-state index in [2.05, 4.69) is 4.98 Å². The van der Waals surface area contributed by atoms with Gasteiger partial charge >= 0.3 is 11.6 Å². The van der Waals surface area contributed by atoms with E-state index in [9.17, 15) is 23.8 Å². The van der Waals surface area contributed by atoms with Gasteiger partial charge in [0.1, 0.15) is 11.4 Å². The van der Waals surface area contributed by atoms with Gasteiger partial charge in [-0.05, 0) is 6.07 Å². The van der Waals surface area contributed by atoms with Gasteiger partial charge in [0.15, 0.2) is 6.10 Å². The van der Waals surface area contributed by atoms with Gasteiger partial charge in [-0.2, -0.15) is 13.8 Å². The van der Waals surface area contributed by atoms with Crippen molar-refractivity contribution in [3.63, 3.8) is 0 Å². The normalized spacial score (nSPS) is 32.5. The summed E-state index contributed by atoms with van der Waals surface area (Å²) in [6, 6.07) is 1.13. The Hall–Kier alpha value is -1.62. The predicted molar refractivity (Wildman–Crippen MR) is 62.9 cm³/mol. The fraction of sp³-hybridized carbons (Fsp3) is 0.600. The second kappa shape index (κ2) is 4.74. The average Bonchev–Trinajstić information content (AvgIpc) is 2.60. The van der Waals surface area contributed by atoms with Crippen molar-refractivity contribution in [2.24, 2.45) is 5.73 Å². The fourth-order valence-electron chi connectivity index (χ4n) is 2.05. The van der Waals surface area contributed by atoms with Gasteiger partial charge in [-0.3, -0.25) is 4.57 Å². The zero-order valence-corrected chi connectivity index (χ0v) is 10.2. The highest BCUT2D eigenvalue weighted by Gasteiger charge is 2.66. The molecule has 112 valence electrons. The smallest absolute Gasteiger partial charge is 0.351 e. The first-order valence-electron chi connectivity index (χ1n) is 5.68. The van der Waals surface area contributed by atoms with Crippen molar-refractivity contribution in [1.29, 1.82) is 0 Å². The molecule has 0 amide bonds. The van der Waals surface area contributed by atoms with Crippen LogP contribution in [0.1, 0.15) is 6.23 Å². The molecule has 0 spiro atoms. The van der Waals surface area contributed by atoms with Gasteiger partial charge in [-0.15, -0.1) is 0 Å². The fourth-order valence-corrected chi connectivity index (χ4v) is 2.05. The Morgan fingerprint density at radius 1 is 1.55 bits per heavy atom. The van der Waals surface area contributed by atoms with Crippen LogP contribution in [0.4, 0.5) is 14.6 Å². The van der Waals surface area contributed by atoms with E-state index in [-0.39, 0.29) is 5.82 Å². The second-order valence-corrected chi connectivity index (χ2v) is 4.52. The van der Waals surface area contributed by atoms with Gasteiger partial charge in [0, 0.05) is 12.7 Å². The Bertz CT molecular complexity index is 560. The summed E-state index contributed by atoms with van der Waals surface area (Å²) >= 11 is 0. The Labute approximate surface area is 111 Å². The number of hydrogen-bond donors (Lipinski definition) is 4. The quantitative estimate of drug-likeness (QED) is 0.507. The maximum atomic E-state index is 14.1. The summed E-state index contributed by atoms with van der Waals surface area (Å²) < 4.78 is 33.6. The van der Waals surface area contributed by atoms with Crippen LogP contribution in [0.25, 0.3) is 0 Å². The Kier molecular flexibility index (Phi) is 3.50. The SMILES string of the molecule is NC[C@]1(CO)O[C@@H](n2ccc(N)nc2=O)C(F)(F)[C@@H]1O. The summed E-state index contributed by atoms with van der Waals surface area (Å²) in [6.45, 7) is -1.47. The molecule has 1 aromatic heterocycles. The van der Waals surface area contributed by atoms with Crippen molar-refractivity contribution in [1.82, 2.24) is 9.55 Å². The molecule has 1 fully saturated rings. The number of hydrogen-bond acceptors (Lipinski definition) is 7. The lowest BCUT2D eigenvalue weighted by molar-refractivity contribution is -0.144. The minimum atomic E-state index is -3.83. The van der Waals surface area contributed by atoms with Crippen molar-refractivity contribution >= 4 is 5.82 Å². The van der Waals surface area contributed by atoms with Gasteiger partial charge in [0.25, 0.3) is 0 Å². The molecular weight excluding hydrogens is 278 g/mol. The van der Waals surface area contributed by atoms with Gasteiger partial charge < -0.3 is 26.4 Å². The summed E-state index contributed by atoms with van der Waals surface area (Å²) in [5.74, 6) is -3.97. The first-order chi connectivity index (χ1) is 9.28. The van der Waals surface area contributed by atoms with Crippen LogP contribution in [-0.4, -0.2) is 50.5 Å². The molecule has 0 aromatic carbocycles. The van der Waals surface area contributed by atoms with E-state index in [1.807, 2.05) is 0 Å². The average molecular weight is 292 g/mol. The molecule has 0 unspecified atom stereocenters. The van der Waals surface area contributed by atoms with Crippen molar-refractivity contribution in [2.75, 3.05) is 18.9 Å². The van der Waals surface area contributed by atoms with Crippen molar-refractivity contribution in [2.45, 2.75) is 23.9 Å². The summed E-state index contributed by atoms with van der Waals surface area (Å²) in [7, 11) is 0. The molecule has 20 heavy (non-hydrogen) atoms. The summed E-state index contributed by atoms with van der Waals surface area (Å²) in [5, 5.41) is 18.8.